The molecule has 1 atom stereocenters. The predicted octanol–water partition coefficient (Wildman–Crippen LogP) is 2.18. The first-order valence-electron chi connectivity index (χ1n) is 9.95. The maximum Gasteiger partial charge on any atom is 0.257 e. The van der Waals surface area contributed by atoms with Crippen molar-refractivity contribution >= 4 is 17.5 Å². The monoisotopic (exact) mass is 440 g/mol. The van der Waals surface area contributed by atoms with Gasteiger partial charge >= 0.3 is 0 Å². The zero-order valence-electron chi connectivity index (χ0n) is 18.2. The van der Waals surface area contributed by atoms with E-state index in [9.17, 15) is 9.59 Å². The molecule has 2 aromatic heterocycles. The van der Waals surface area contributed by atoms with Crippen molar-refractivity contribution < 1.29 is 14.3 Å². The van der Waals surface area contributed by atoms with E-state index < -0.39 is 11.6 Å². The number of nitrogens with one attached hydrogen (secondary N) is 1. The Bertz CT molecular complexity index is 1060. The molecule has 0 bridgehead atoms. The normalized spacial score (nSPS) is 12.2. The number of hydrogen-bond acceptors (Lipinski definition) is 6. The van der Waals surface area contributed by atoms with Gasteiger partial charge < -0.3 is 20.7 Å². The van der Waals surface area contributed by atoms with Crippen LogP contribution in [0.3, 0.4) is 0 Å². The molecule has 0 saturated carbocycles. The molecule has 0 fully saturated rings. The molecule has 172 valence electrons. The lowest BCUT2D eigenvalue weighted by Crippen LogP contribution is -2.50. The van der Waals surface area contributed by atoms with Gasteiger partial charge in [0, 0.05) is 20.3 Å². The number of benzene rings is 1. The first kappa shape index (κ1) is 25.0. The summed E-state index contributed by atoms with van der Waals surface area (Å²) in [6, 6.07) is 12.5. The number of nitrogens with two attached hydrogens (primary N) is 1. The summed E-state index contributed by atoms with van der Waals surface area (Å²) >= 11 is 0. The summed E-state index contributed by atoms with van der Waals surface area (Å²) in [5, 5.41) is 11.4. The molecule has 0 aliphatic rings. The molecular weight excluding hydrogens is 408 g/mol. The van der Waals surface area contributed by atoms with Crippen molar-refractivity contribution in [1.82, 2.24) is 24.8 Å². The van der Waals surface area contributed by atoms with Crippen molar-refractivity contribution in [1.29, 1.82) is 0 Å². The number of rotatable bonds is 8. The van der Waals surface area contributed by atoms with Crippen LogP contribution in [0.1, 0.15) is 49.1 Å². The van der Waals surface area contributed by atoms with E-state index in [4.69, 9.17) is 10.5 Å². The van der Waals surface area contributed by atoms with Gasteiger partial charge in [-0.25, -0.2) is 0 Å². The highest BCUT2D eigenvalue weighted by Crippen LogP contribution is 2.18. The average molecular weight is 441 g/mol. The van der Waals surface area contributed by atoms with Crippen LogP contribution in [0.2, 0.25) is 0 Å². The molecule has 3 rings (SSSR count). The van der Waals surface area contributed by atoms with Gasteiger partial charge in [0.05, 0.1) is 24.3 Å². The fraction of sp³-hybridized carbons (Fsp3) is 0.391. The maximum atomic E-state index is 12.6. The van der Waals surface area contributed by atoms with Gasteiger partial charge in [-0.15, -0.1) is 10.2 Å². The second kappa shape index (κ2) is 10.3. The number of fused-ring (bicyclic) bond motifs is 1. The number of hydrogen-bond donors (Lipinski definition) is 2. The van der Waals surface area contributed by atoms with Gasteiger partial charge in [-0.2, -0.15) is 0 Å². The molecule has 2 heterocycles. The molecule has 2 amide bonds. The summed E-state index contributed by atoms with van der Waals surface area (Å²) < 4.78 is 7.56. The number of carbonyl (C=O) groups is 2. The molecule has 0 radical (unpaired) electrons. The highest BCUT2D eigenvalue weighted by molar-refractivity contribution is 5.99. The summed E-state index contributed by atoms with van der Waals surface area (Å²) in [7, 11) is 3.35. The minimum atomic E-state index is -1.08. The Morgan fingerprint density at radius 1 is 1.16 bits per heavy atom. The molecule has 9 heteroatoms. The number of aromatic nitrogens is 3. The van der Waals surface area contributed by atoms with Crippen LogP contribution in [0.15, 0.2) is 48.7 Å². The Morgan fingerprint density at radius 2 is 1.84 bits per heavy atom. The van der Waals surface area contributed by atoms with Gasteiger partial charge in [-0.05, 0) is 31.5 Å². The number of pyridine rings is 1. The van der Waals surface area contributed by atoms with Crippen molar-refractivity contribution in [2.45, 2.75) is 39.5 Å². The van der Waals surface area contributed by atoms with Crippen molar-refractivity contribution in [2.75, 3.05) is 20.7 Å². The average Bonchev–Trinajstić information content (AvgIpc) is 3.16. The van der Waals surface area contributed by atoms with Crippen molar-refractivity contribution in [3.8, 4) is 0 Å². The second-order valence-electron chi connectivity index (χ2n) is 8.12. The van der Waals surface area contributed by atoms with Crippen LogP contribution < -0.4 is 11.1 Å². The summed E-state index contributed by atoms with van der Waals surface area (Å²) in [5.41, 5.74) is 6.72. The third kappa shape index (κ3) is 5.68. The lowest BCUT2D eigenvalue weighted by molar-refractivity contribution is -0.126. The molecule has 3 aromatic rings. The minimum absolute atomic E-state index is 0. The molecular formula is C23H32N6O3. The van der Waals surface area contributed by atoms with Gasteiger partial charge in [0.15, 0.2) is 11.5 Å². The first-order chi connectivity index (χ1) is 14.7. The number of amides is 2. The van der Waals surface area contributed by atoms with Crippen LogP contribution in [0.4, 0.5) is 0 Å². The smallest absolute Gasteiger partial charge is 0.257 e. The van der Waals surface area contributed by atoms with E-state index in [1.807, 2.05) is 30.3 Å². The Balaban J connectivity index is 0.00000363. The topological polar surface area (TPSA) is 115 Å². The van der Waals surface area contributed by atoms with Gasteiger partial charge in [-0.1, -0.05) is 37.8 Å². The Labute approximate surface area is 188 Å². The predicted molar refractivity (Wildman–Crippen MR) is 123 cm³/mol. The van der Waals surface area contributed by atoms with Crippen molar-refractivity contribution in [3.63, 3.8) is 0 Å². The van der Waals surface area contributed by atoms with Gasteiger partial charge in [0.2, 0.25) is 5.91 Å². The lowest BCUT2D eigenvalue weighted by atomic mass is 10.1. The standard InChI is InChI=1S/C22H28N6O3.CH4/c1-22(2,23)21(30)24-17(14-31-13-15-9-6-5-7-10-15)19-26-25-18-16(20(29)27(3)4)11-8-12-28(18)19;/h5-12,17H,13-14,23H2,1-4H3,(H,24,30);1H4/t17-;/m1./s1. The molecule has 9 nitrogen and oxygen atoms in total. The zero-order valence-corrected chi connectivity index (χ0v) is 18.2. The van der Waals surface area contributed by atoms with E-state index in [0.29, 0.717) is 23.6 Å². The lowest BCUT2D eigenvalue weighted by Gasteiger charge is -2.23. The second-order valence-corrected chi connectivity index (χ2v) is 8.12. The number of carbonyl (C=O) groups excluding carboxylic acids is 2. The summed E-state index contributed by atoms with van der Waals surface area (Å²) in [6.07, 6.45) is 1.75. The van der Waals surface area contributed by atoms with Crippen LogP contribution in [0.5, 0.6) is 0 Å². The molecule has 1 aromatic carbocycles. The number of ether oxygens (including phenoxy) is 1. The molecule has 0 saturated heterocycles. The quantitative estimate of drug-likeness (QED) is 0.555. The molecule has 3 N–H and O–H groups in total. The Morgan fingerprint density at radius 3 is 2.47 bits per heavy atom. The van der Waals surface area contributed by atoms with Crippen LogP contribution >= 0.6 is 0 Å². The van der Waals surface area contributed by atoms with E-state index in [0.717, 1.165) is 5.56 Å². The van der Waals surface area contributed by atoms with Crippen LogP contribution in [-0.4, -0.2) is 57.6 Å². The Hall–Kier alpha value is -3.30. The van der Waals surface area contributed by atoms with Gasteiger partial charge in [-0.3, -0.25) is 14.0 Å². The van der Waals surface area contributed by atoms with E-state index >= 15 is 0 Å². The highest BCUT2D eigenvalue weighted by atomic mass is 16.5. The third-order valence-corrected chi connectivity index (χ3v) is 4.70. The summed E-state index contributed by atoms with van der Waals surface area (Å²) in [6.45, 7) is 3.78. The molecule has 0 aliphatic carbocycles. The van der Waals surface area contributed by atoms with E-state index in [2.05, 4.69) is 15.5 Å². The molecule has 0 spiro atoms. The molecule has 0 unspecified atom stereocenters. The van der Waals surface area contributed by atoms with Gasteiger partial charge in [0.25, 0.3) is 5.91 Å². The van der Waals surface area contributed by atoms with Crippen LogP contribution in [-0.2, 0) is 16.1 Å². The summed E-state index contributed by atoms with van der Waals surface area (Å²) in [4.78, 5) is 26.6. The first-order valence-corrected chi connectivity index (χ1v) is 9.95. The van der Waals surface area contributed by atoms with Crippen LogP contribution in [0.25, 0.3) is 5.65 Å². The maximum absolute atomic E-state index is 12.6. The molecule has 32 heavy (non-hydrogen) atoms. The zero-order chi connectivity index (χ0) is 22.6. The van der Waals surface area contributed by atoms with E-state index in [-0.39, 0.29) is 25.8 Å². The highest BCUT2D eigenvalue weighted by Gasteiger charge is 2.28. The van der Waals surface area contributed by atoms with Crippen molar-refractivity contribution in [2.24, 2.45) is 5.73 Å². The Kier molecular flexibility index (Phi) is 8.07. The SMILES string of the molecule is C.CN(C)C(=O)c1cccn2c([C@@H](COCc3ccccc3)NC(=O)C(C)(C)N)nnc12. The fourth-order valence-corrected chi connectivity index (χ4v) is 2.97. The van der Waals surface area contributed by atoms with Gasteiger partial charge in [0.1, 0.15) is 6.04 Å². The van der Waals surface area contributed by atoms with E-state index in [1.165, 1.54) is 4.90 Å². The largest absolute Gasteiger partial charge is 0.374 e. The third-order valence-electron chi connectivity index (χ3n) is 4.70. The van der Waals surface area contributed by atoms with Crippen molar-refractivity contribution in [3.05, 3.63) is 65.6 Å². The van der Waals surface area contributed by atoms with E-state index in [1.54, 1.807) is 50.7 Å². The van der Waals surface area contributed by atoms with Crippen LogP contribution in [0, 0.1) is 0 Å². The fourth-order valence-electron chi connectivity index (χ4n) is 2.97. The minimum Gasteiger partial charge on any atom is -0.374 e. The molecule has 0 aliphatic heterocycles. The number of nitrogens with zero attached hydrogens (tertiary/aromatic N) is 4. The summed E-state index contributed by atoms with van der Waals surface area (Å²) in [5.74, 6) is -0.0827.